The van der Waals surface area contributed by atoms with Crippen LogP contribution in [0.1, 0.15) is 36.5 Å². The topological polar surface area (TPSA) is 49.3 Å². The van der Waals surface area contributed by atoms with E-state index in [1.807, 2.05) is 0 Å². The average Bonchev–Trinajstić information content (AvgIpc) is 2.36. The van der Waals surface area contributed by atoms with Gasteiger partial charge in [0, 0.05) is 13.2 Å². The molecule has 0 radical (unpaired) electrons. The fourth-order valence-corrected chi connectivity index (χ4v) is 2.55. The lowest BCUT2D eigenvalue weighted by molar-refractivity contribution is 0.0943. The minimum atomic E-state index is -0.269. The van der Waals surface area contributed by atoms with Gasteiger partial charge in [-0.15, -0.1) is 0 Å². The molecule has 0 saturated carbocycles. The smallest absolute Gasteiger partial charge is 0.254 e. The number of amides is 1. The Kier molecular flexibility index (Phi) is 7.21. The molecule has 0 aliphatic rings. The number of carbonyl (C=O) groups excluding carboxylic acids is 1. The Morgan fingerprint density at radius 3 is 2.47 bits per heavy atom. The lowest BCUT2D eigenvalue weighted by atomic mass is 10.00. The minimum Gasteiger partial charge on any atom is -0.396 e. The Labute approximate surface area is 123 Å². The molecule has 1 rings (SSSR count). The zero-order valence-electron chi connectivity index (χ0n) is 11.0. The number of hydrogen-bond acceptors (Lipinski definition) is 2. The molecule has 0 aliphatic heterocycles. The fraction of sp³-hybridized carbons (Fsp3) is 0.500. The summed E-state index contributed by atoms with van der Waals surface area (Å²) in [5, 5.41) is 12.5. The number of nitrogens with one attached hydrogen (secondary N) is 1. The Bertz CT molecular complexity index is 398. The second-order valence-corrected chi connectivity index (χ2v) is 5.29. The largest absolute Gasteiger partial charge is 0.396 e. The lowest BCUT2D eigenvalue weighted by Gasteiger charge is -2.16. The molecule has 3 nitrogen and oxygen atoms in total. The molecular formula is C14H19Cl2NO2. The van der Waals surface area contributed by atoms with Gasteiger partial charge in [0.05, 0.1) is 15.6 Å². The standard InChI is InChI=1S/C14H19Cl2NO2/c1-2-4-10(7-8-18)9-17-14(19)13-11(15)5-3-6-12(13)16/h3,5-6,10,18H,2,4,7-9H2,1H3,(H,17,19). The second kappa shape index (κ2) is 8.41. The van der Waals surface area contributed by atoms with Crippen molar-refractivity contribution in [1.29, 1.82) is 0 Å². The maximum Gasteiger partial charge on any atom is 0.254 e. The molecule has 1 unspecified atom stereocenters. The van der Waals surface area contributed by atoms with Crippen molar-refractivity contribution in [3.05, 3.63) is 33.8 Å². The van der Waals surface area contributed by atoms with E-state index < -0.39 is 0 Å². The average molecular weight is 304 g/mol. The van der Waals surface area contributed by atoms with E-state index in [1.54, 1.807) is 18.2 Å². The zero-order valence-corrected chi connectivity index (χ0v) is 12.5. The Hall–Kier alpha value is -0.770. The van der Waals surface area contributed by atoms with Crippen molar-refractivity contribution >= 4 is 29.1 Å². The Morgan fingerprint density at radius 2 is 1.95 bits per heavy atom. The highest BCUT2D eigenvalue weighted by Gasteiger charge is 2.16. The highest BCUT2D eigenvalue weighted by atomic mass is 35.5. The van der Waals surface area contributed by atoms with E-state index in [1.165, 1.54) is 0 Å². The summed E-state index contributed by atoms with van der Waals surface area (Å²) in [6.07, 6.45) is 2.68. The van der Waals surface area contributed by atoms with Crippen molar-refractivity contribution < 1.29 is 9.90 Å². The summed E-state index contributed by atoms with van der Waals surface area (Å²) >= 11 is 12.0. The summed E-state index contributed by atoms with van der Waals surface area (Å²) in [7, 11) is 0. The van der Waals surface area contributed by atoms with Gasteiger partial charge in [0.1, 0.15) is 0 Å². The van der Waals surface area contributed by atoms with Crippen LogP contribution in [0.2, 0.25) is 10.0 Å². The molecule has 1 aromatic rings. The van der Waals surface area contributed by atoms with Gasteiger partial charge in [-0.3, -0.25) is 4.79 Å². The Balaban J connectivity index is 2.64. The predicted molar refractivity (Wildman–Crippen MR) is 78.9 cm³/mol. The molecule has 0 heterocycles. The van der Waals surface area contributed by atoms with Crippen LogP contribution < -0.4 is 5.32 Å². The molecule has 0 aliphatic carbocycles. The van der Waals surface area contributed by atoms with E-state index in [0.717, 1.165) is 12.8 Å². The number of carbonyl (C=O) groups is 1. The monoisotopic (exact) mass is 303 g/mol. The van der Waals surface area contributed by atoms with Crippen LogP contribution in [-0.2, 0) is 0 Å². The van der Waals surface area contributed by atoms with Crippen molar-refractivity contribution in [2.75, 3.05) is 13.2 Å². The molecular weight excluding hydrogens is 285 g/mol. The van der Waals surface area contributed by atoms with Crippen LogP contribution in [0.25, 0.3) is 0 Å². The highest BCUT2D eigenvalue weighted by molar-refractivity contribution is 6.39. The van der Waals surface area contributed by atoms with Crippen LogP contribution >= 0.6 is 23.2 Å². The van der Waals surface area contributed by atoms with Gasteiger partial charge in [-0.1, -0.05) is 42.6 Å². The second-order valence-electron chi connectivity index (χ2n) is 4.47. The molecule has 0 aromatic heterocycles. The third-order valence-electron chi connectivity index (χ3n) is 2.98. The summed E-state index contributed by atoms with van der Waals surface area (Å²) in [5.41, 5.74) is 0.310. The molecule has 1 atom stereocenters. The first-order valence-electron chi connectivity index (χ1n) is 6.43. The predicted octanol–water partition coefficient (Wildman–Crippen LogP) is 3.52. The van der Waals surface area contributed by atoms with Crippen molar-refractivity contribution in [2.24, 2.45) is 5.92 Å². The molecule has 0 saturated heterocycles. The molecule has 2 N–H and O–H groups in total. The number of rotatable bonds is 7. The van der Waals surface area contributed by atoms with Gasteiger partial charge >= 0.3 is 0 Å². The third kappa shape index (κ3) is 5.01. The zero-order chi connectivity index (χ0) is 14.3. The molecule has 1 amide bonds. The van der Waals surface area contributed by atoms with Gasteiger partial charge in [-0.05, 0) is 30.9 Å². The van der Waals surface area contributed by atoms with Gasteiger partial charge in [-0.25, -0.2) is 0 Å². The van der Waals surface area contributed by atoms with Gasteiger partial charge in [-0.2, -0.15) is 0 Å². The number of benzene rings is 1. The number of aliphatic hydroxyl groups is 1. The van der Waals surface area contributed by atoms with Gasteiger partial charge in [0.25, 0.3) is 5.91 Å². The Morgan fingerprint density at radius 1 is 1.32 bits per heavy atom. The van der Waals surface area contributed by atoms with E-state index in [4.69, 9.17) is 28.3 Å². The molecule has 19 heavy (non-hydrogen) atoms. The number of aliphatic hydroxyl groups excluding tert-OH is 1. The lowest BCUT2D eigenvalue weighted by Crippen LogP contribution is -2.30. The summed E-state index contributed by atoms with van der Waals surface area (Å²) < 4.78 is 0. The van der Waals surface area contributed by atoms with Crippen molar-refractivity contribution in [2.45, 2.75) is 26.2 Å². The van der Waals surface area contributed by atoms with Crippen LogP contribution in [0, 0.1) is 5.92 Å². The first-order chi connectivity index (χ1) is 9.10. The van der Waals surface area contributed by atoms with E-state index in [0.29, 0.717) is 28.6 Å². The van der Waals surface area contributed by atoms with Crippen molar-refractivity contribution in [3.63, 3.8) is 0 Å². The first kappa shape index (κ1) is 16.3. The van der Waals surface area contributed by atoms with Crippen LogP contribution in [0.5, 0.6) is 0 Å². The van der Waals surface area contributed by atoms with Gasteiger partial charge in [0.2, 0.25) is 0 Å². The quantitative estimate of drug-likeness (QED) is 0.809. The summed E-state index contributed by atoms with van der Waals surface area (Å²) in [5.74, 6) is 0.00913. The molecule has 106 valence electrons. The first-order valence-corrected chi connectivity index (χ1v) is 7.18. The van der Waals surface area contributed by atoms with Gasteiger partial charge < -0.3 is 10.4 Å². The van der Waals surface area contributed by atoms with Crippen molar-refractivity contribution in [1.82, 2.24) is 5.32 Å². The van der Waals surface area contributed by atoms with Crippen LogP contribution in [0.4, 0.5) is 0 Å². The normalized spacial score (nSPS) is 12.2. The van der Waals surface area contributed by atoms with Crippen LogP contribution in [0.3, 0.4) is 0 Å². The third-order valence-corrected chi connectivity index (χ3v) is 3.61. The van der Waals surface area contributed by atoms with E-state index in [9.17, 15) is 4.79 Å². The fourth-order valence-electron chi connectivity index (χ4n) is 1.98. The SMILES string of the molecule is CCCC(CCO)CNC(=O)c1c(Cl)cccc1Cl. The highest BCUT2D eigenvalue weighted by Crippen LogP contribution is 2.24. The molecule has 0 spiro atoms. The van der Waals surface area contributed by atoms with Gasteiger partial charge in [0.15, 0.2) is 0 Å². The molecule has 0 fully saturated rings. The van der Waals surface area contributed by atoms with Crippen LogP contribution in [-0.4, -0.2) is 24.2 Å². The summed E-state index contributed by atoms with van der Waals surface area (Å²) in [6.45, 7) is 2.74. The summed E-state index contributed by atoms with van der Waals surface area (Å²) in [4.78, 5) is 12.1. The maximum absolute atomic E-state index is 12.1. The van der Waals surface area contributed by atoms with E-state index >= 15 is 0 Å². The summed E-state index contributed by atoms with van der Waals surface area (Å²) in [6, 6.07) is 4.98. The van der Waals surface area contributed by atoms with Crippen LogP contribution in [0.15, 0.2) is 18.2 Å². The van der Waals surface area contributed by atoms with E-state index in [-0.39, 0.29) is 18.4 Å². The molecule has 0 bridgehead atoms. The maximum atomic E-state index is 12.1. The molecule has 1 aromatic carbocycles. The minimum absolute atomic E-state index is 0.132. The number of hydrogen-bond donors (Lipinski definition) is 2. The van der Waals surface area contributed by atoms with Crippen molar-refractivity contribution in [3.8, 4) is 0 Å². The van der Waals surface area contributed by atoms with E-state index in [2.05, 4.69) is 12.2 Å². The number of halogens is 2. The molecule has 5 heteroatoms.